The molecule has 0 atom stereocenters. The minimum atomic E-state index is 0.0324. The van der Waals surface area contributed by atoms with Crippen molar-refractivity contribution >= 4 is 23.4 Å². The number of amides is 2. The van der Waals surface area contributed by atoms with Crippen molar-refractivity contribution in [1.29, 1.82) is 0 Å². The predicted molar refractivity (Wildman–Crippen MR) is 112 cm³/mol. The number of carbonyl (C=O) groups excluding carboxylic acids is 2. The van der Waals surface area contributed by atoms with Crippen molar-refractivity contribution in [2.45, 2.75) is 26.3 Å². The van der Waals surface area contributed by atoms with E-state index < -0.39 is 0 Å². The Morgan fingerprint density at radius 3 is 2.33 bits per heavy atom. The van der Waals surface area contributed by atoms with Crippen LogP contribution in [-0.2, 0) is 16.1 Å². The molecule has 9 heteroatoms. The molecule has 8 nitrogen and oxygen atoms in total. The van der Waals surface area contributed by atoms with Crippen LogP contribution in [0.15, 0.2) is 28.8 Å². The molecule has 0 N–H and O–H groups in total. The topological polar surface area (TPSA) is 82.8 Å². The smallest absolute Gasteiger partial charge is 0.241 e. The van der Waals surface area contributed by atoms with Crippen LogP contribution >= 0.6 is 11.6 Å². The van der Waals surface area contributed by atoms with Crippen LogP contribution in [0.5, 0.6) is 0 Å². The highest BCUT2D eigenvalue weighted by molar-refractivity contribution is 6.30. The first-order valence-corrected chi connectivity index (χ1v) is 10.7. The number of piperazine rings is 1. The number of halogens is 1. The second kappa shape index (κ2) is 9.14. The standard InChI is InChI=1S/C21H26ClN5O3/c1-15(28)26-8-6-17(7-9-26)21(29)27-12-10-25(11-13-27)14-19-23-20(24-30-19)16-2-4-18(22)5-3-16/h2-5,17H,6-14H2,1H3. The van der Waals surface area contributed by atoms with Crippen molar-refractivity contribution in [2.75, 3.05) is 39.3 Å². The first-order chi connectivity index (χ1) is 14.5. The molecule has 160 valence electrons. The van der Waals surface area contributed by atoms with E-state index in [9.17, 15) is 9.59 Å². The number of piperidine rings is 1. The van der Waals surface area contributed by atoms with Gasteiger partial charge >= 0.3 is 0 Å². The Labute approximate surface area is 180 Å². The van der Waals surface area contributed by atoms with Crippen molar-refractivity contribution in [3.8, 4) is 11.4 Å². The average molecular weight is 432 g/mol. The van der Waals surface area contributed by atoms with Gasteiger partial charge in [-0.2, -0.15) is 4.98 Å². The van der Waals surface area contributed by atoms with E-state index in [1.54, 1.807) is 19.1 Å². The normalized spacial score (nSPS) is 18.6. The van der Waals surface area contributed by atoms with E-state index in [1.165, 1.54) is 0 Å². The second-order valence-corrected chi connectivity index (χ2v) is 8.34. The highest BCUT2D eigenvalue weighted by Crippen LogP contribution is 2.22. The largest absolute Gasteiger partial charge is 0.343 e. The van der Waals surface area contributed by atoms with Crippen molar-refractivity contribution in [3.63, 3.8) is 0 Å². The number of nitrogens with zero attached hydrogens (tertiary/aromatic N) is 5. The van der Waals surface area contributed by atoms with E-state index in [1.807, 2.05) is 21.9 Å². The van der Waals surface area contributed by atoms with Crippen LogP contribution in [0.4, 0.5) is 0 Å². The second-order valence-electron chi connectivity index (χ2n) is 7.90. The van der Waals surface area contributed by atoms with Crippen LogP contribution in [0.1, 0.15) is 25.7 Å². The predicted octanol–water partition coefficient (Wildman–Crippen LogP) is 2.29. The van der Waals surface area contributed by atoms with Gasteiger partial charge in [0.05, 0.1) is 6.54 Å². The summed E-state index contributed by atoms with van der Waals surface area (Å²) in [5.74, 6) is 1.46. The van der Waals surface area contributed by atoms with E-state index in [0.717, 1.165) is 31.5 Å². The zero-order valence-electron chi connectivity index (χ0n) is 17.1. The van der Waals surface area contributed by atoms with Crippen LogP contribution in [0.25, 0.3) is 11.4 Å². The van der Waals surface area contributed by atoms with Gasteiger partial charge in [0.15, 0.2) is 0 Å². The molecule has 30 heavy (non-hydrogen) atoms. The van der Waals surface area contributed by atoms with Crippen molar-refractivity contribution in [2.24, 2.45) is 5.92 Å². The molecule has 0 saturated carbocycles. The van der Waals surface area contributed by atoms with Gasteiger partial charge in [-0.05, 0) is 37.1 Å². The van der Waals surface area contributed by atoms with Gasteiger partial charge in [0.2, 0.25) is 23.5 Å². The molecule has 0 aliphatic carbocycles. The van der Waals surface area contributed by atoms with Gasteiger partial charge in [-0.3, -0.25) is 14.5 Å². The van der Waals surface area contributed by atoms with Crippen LogP contribution in [0.2, 0.25) is 5.02 Å². The Bertz CT molecular complexity index is 884. The van der Waals surface area contributed by atoms with Gasteiger partial charge < -0.3 is 14.3 Å². The maximum atomic E-state index is 12.8. The maximum absolute atomic E-state index is 12.8. The van der Waals surface area contributed by atoms with Crippen LogP contribution in [-0.4, -0.2) is 75.9 Å². The number of rotatable bonds is 4. The minimum absolute atomic E-state index is 0.0324. The summed E-state index contributed by atoms with van der Waals surface area (Å²) in [4.78, 5) is 34.8. The number of carbonyl (C=O) groups is 2. The number of likely N-dealkylation sites (tertiary alicyclic amines) is 1. The lowest BCUT2D eigenvalue weighted by Crippen LogP contribution is -2.51. The molecule has 2 aliphatic rings. The summed E-state index contributed by atoms with van der Waals surface area (Å²) < 4.78 is 5.40. The van der Waals surface area contributed by atoms with Crippen molar-refractivity contribution < 1.29 is 14.1 Å². The van der Waals surface area contributed by atoms with E-state index in [2.05, 4.69) is 15.0 Å². The van der Waals surface area contributed by atoms with Crippen LogP contribution < -0.4 is 0 Å². The van der Waals surface area contributed by atoms with Gasteiger partial charge in [0.1, 0.15) is 0 Å². The van der Waals surface area contributed by atoms with E-state index in [0.29, 0.717) is 49.5 Å². The zero-order valence-corrected chi connectivity index (χ0v) is 17.8. The van der Waals surface area contributed by atoms with Gasteiger partial charge in [-0.25, -0.2) is 0 Å². The summed E-state index contributed by atoms with van der Waals surface area (Å²) in [7, 11) is 0. The summed E-state index contributed by atoms with van der Waals surface area (Å²) in [5, 5.41) is 4.72. The van der Waals surface area contributed by atoms with Gasteiger partial charge in [0.25, 0.3) is 0 Å². The quantitative estimate of drug-likeness (QED) is 0.738. The van der Waals surface area contributed by atoms with Crippen molar-refractivity contribution in [1.82, 2.24) is 24.8 Å². The first kappa shape index (κ1) is 20.8. The fourth-order valence-electron chi connectivity index (χ4n) is 4.05. The molecule has 1 aromatic heterocycles. The summed E-state index contributed by atoms with van der Waals surface area (Å²) in [6.45, 7) is 6.46. The highest BCUT2D eigenvalue weighted by Gasteiger charge is 2.31. The van der Waals surface area contributed by atoms with E-state index >= 15 is 0 Å². The zero-order chi connectivity index (χ0) is 21.1. The molecule has 4 rings (SSSR count). The Balaban J connectivity index is 1.25. The Kier molecular flexibility index (Phi) is 6.34. The molecule has 0 unspecified atom stereocenters. The lowest BCUT2D eigenvalue weighted by Gasteiger charge is -2.38. The number of benzene rings is 1. The summed E-state index contributed by atoms with van der Waals surface area (Å²) in [5.41, 5.74) is 0.862. The molecule has 2 fully saturated rings. The molecule has 2 saturated heterocycles. The summed E-state index contributed by atoms with van der Waals surface area (Å²) in [6, 6.07) is 7.32. The molecule has 0 bridgehead atoms. The monoisotopic (exact) mass is 431 g/mol. The van der Waals surface area contributed by atoms with E-state index in [-0.39, 0.29) is 17.7 Å². The van der Waals surface area contributed by atoms with Gasteiger partial charge in [0, 0.05) is 62.7 Å². The van der Waals surface area contributed by atoms with Gasteiger partial charge in [-0.15, -0.1) is 0 Å². The van der Waals surface area contributed by atoms with Gasteiger partial charge in [-0.1, -0.05) is 16.8 Å². The molecular formula is C21H26ClN5O3. The lowest BCUT2D eigenvalue weighted by atomic mass is 9.95. The van der Waals surface area contributed by atoms with Crippen LogP contribution in [0.3, 0.4) is 0 Å². The fourth-order valence-corrected chi connectivity index (χ4v) is 4.18. The Morgan fingerprint density at radius 2 is 1.70 bits per heavy atom. The minimum Gasteiger partial charge on any atom is -0.343 e. The average Bonchev–Trinajstić information content (AvgIpc) is 3.23. The number of hydrogen-bond donors (Lipinski definition) is 0. The Morgan fingerprint density at radius 1 is 1.03 bits per heavy atom. The molecule has 0 radical (unpaired) electrons. The maximum Gasteiger partial charge on any atom is 0.241 e. The third-order valence-electron chi connectivity index (χ3n) is 5.90. The molecule has 1 aromatic carbocycles. The Hall–Kier alpha value is -2.45. The summed E-state index contributed by atoms with van der Waals surface area (Å²) >= 11 is 5.92. The van der Waals surface area contributed by atoms with E-state index in [4.69, 9.17) is 16.1 Å². The van der Waals surface area contributed by atoms with Crippen LogP contribution in [0, 0.1) is 5.92 Å². The molecule has 2 aromatic rings. The third kappa shape index (κ3) is 4.82. The number of aromatic nitrogens is 2. The molecule has 0 spiro atoms. The highest BCUT2D eigenvalue weighted by atomic mass is 35.5. The fraction of sp³-hybridized carbons (Fsp3) is 0.524. The SMILES string of the molecule is CC(=O)N1CCC(C(=O)N2CCN(Cc3nc(-c4ccc(Cl)cc4)no3)CC2)CC1. The third-order valence-corrected chi connectivity index (χ3v) is 6.15. The first-order valence-electron chi connectivity index (χ1n) is 10.3. The number of hydrogen-bond acceptors (Lipinski definition) is 6. The molecule has 3 heterocycles. The summed E-state index contributed by atoms with van der Waals surface area (Å²) in [6.07, 6.45) is 1.52. The lowest BCUT2D eigenvalue weighted by molar-refractivity contribution is -0.141. The molecular weight excluding hydrogens is 406 g/mol. The molecule has 2 amide bonds. The molecule has 2 aliphatic heterocycles. The van der Waals surface area contributed by atoms with Crippen molar-refractivity contribution in [3.05, 3.63) is 35.2 Å².